The van der Waals surface area contributed by atoms with Crippen LogP contribution in [0.1, 0.15) is 44.9 Å². The van der Waals surface area contributed by atoms with Crippen LogP contribution in [0, 0.1) is 11.8 Å². The Labute approximate surface area is 107 Å². The fourth-order valence-electron chi connectivity index (χ4n) is 2.75. The Bertz CT molecular complexity index is 238. The third kappa shape index (κ3) is 3.22. The molecule has 0 aromatic rings. The van der Waals surface area contributed by atoms with Gasteiger partial charge >= 0.3 is 0 Å². The van der Waals surface area contributed by atoms with Crippen molar-refractivity contribution in [2.75, 3.05) is 18.4 Å². The second-order valence-corrected chi connectivity index (χ2v) is 6.12. The lowest BCUT2D eigenvalue weighted by Crippen LogP contribution is -2.41. The number of amides is 1. The zero-order valence-corrected chi connectivity index (χ0v) is 11.5. The summed E-state index contributed by atoms with van der Waals surface area (Å²) in [7, 11) is 0. The quantitative estimate of drug-likeness (QED) is 0.727. The van der Waals surface area contributed by atoms with Crippen LogP contribution in [0.5, 0.6) is 0 Å². The zero-order chi connectivity index (χ0) is 11.4. The number of piperidine rings is 1. The number of nitrogens with zero attached hydrogens (tertiary/aromatic N) is 1. The average molecular weight is 288 g/mol. The molecule has 0 aromatic heterocycles. The van der Waals surface area contributed by atoms with E-state index in [0.29, 0.717) is 11.8 Å². The summed E-state index contributed by atoms with van der Waals surface area (Å²) in [4.78, 5) is 14.2. The first kappa shape index (κ1) is 12.4. The Kier molecular flexibility index (Phi) is 4.68. The van der Waals surface area contributed by atoms with Gasteiger partial charge in [-0.25, -0.2) is 0 Å². The van der Waals surface area contributed by atoms with E-state index < -0.39 is 0 Å². The van der Waals surface area contributed by atoms with Crippen molar-refractivity contribution in [1.29, 1.82) is 0 Å². The van der Waals surface area contributed by atoms with Gasteiger partial charge in [0.2, 0.25) is 5.91 Å². The molecule has 0 bridgehead atoms. The number of hydrogen-bond acceptors (Lipinski definition) is 1. The molecule has 2 aliphatic rings. The van der Waals surface area contributed by atoms with E-state index in [1.807, 2.05) is 0 Å². The number of alkyl halides is 1. The van der Waals surface area contributed by atoms with Gasteiger partial charge in [-0.3, -0.25) is 4.79 Å². The Morgan fingerprint density at radius 3 is 2.56 bits per heavy atom. The molecule has 1 amide bonds. The van der Waals surface area contributed by atoms with Crippen molar-refractivity contribution < 1.29 is 4.79 Å². The van der Waals surface area contributed by atoms with E-state index in [1.54, 1.807) is 0 Å². The van der Waals surface area contributed by atoms with Gasteiger partial charge in [0.05, 0.1) is 0 Å². The van der Waals surface area contributed by atoms with Crippen LogP contribution in [0.15, 0.2) is 0 Å². The smallest absolute Gasteiger partial charge is 0.222 e. The van der Waals surface area contributed by atoms with E-state index in [4.69, 9.17) is 0 Å². The second kappa shape index (κ2) is 6.04. The van der Waals surface area contributed by atoms with Crippen LogP contribution in [0.3, 0.4) is 0 Å². The van der Waals surface area contributed by atoms with Crippen LogP contribution in [-0.2, 0) is 4.79 Å². The van der Waals surface area contributed by atoms with Gasteiger partial charge < -0.3 is 4.90 Å². The van der Waals surface area contributed by atoms with Crippen LogP contribution in [0.2, 0.25) is 0 Å². The first-order valence-corrected chi connectivity index (χ1v) is 7.75. The lowest BCUT2D eigenvalue weighted by atomic mass is 9.82. The highest BCUT2D eigenvalue weighted by atomic mass is 79.9. The summed E-state index contributed by atoms with van der Waals surface area (Å²) in [5.41, 5.74) is 0. The van der Waals surface area contributed by atoms with Crippen molar-refractivity contribution >= 4 is 21.8 Å². The molecular weight excluding hydrogens is 266 g/mol. The van der Waals surface area contributed by atoms with Crippen molar-refractivity contribution in [1.82, 2.24) is 4.90 Å². The molecule has 0 N–H and O–H groups in total. The number of hydrogen-bond donors (Lipinski definition) is 0. The molecule has 1 unspecified atom stereocenters. The Morgan fingerprint density at radius 2 is 1.94 bits per heavy atom. The maximum absolute atomic E-state index is 12.1. The summed E-state index contributed by atoms with van der Waals surface area (Å²) in [5.74, 6) is 1.87. The second-order valence-electron chi connectivity index (χ2n) is 5.33. The van der Waals surface area contributed by atoms with Crippen LogP contribution in [-0.4, -0.2) is 29.2 Å². The fraction of sp³-hybridized carbons (Fsp3) is 0.923. The molecular formula is C13H22BrNO. The lowest BCUT2D eigenvalue weighted by molar-refractivity contribution is -0.134. The van der Waals surface area contributed by atoms with Gasteiger partial charge in [-0.15, -0.1) is 0 Å². The summed E-state index contributed by atoms with van der Waals surface area (Å²) < 4.78 is 0. The van der Waals surface area contributed by atoms with E-state index in [9.17, 15) is 4.79 Å². The van der Waals surface area contributed by atoms with E-state index in [1.165, 1.54) is 38.5 Å². The van der Waals surface area contributed by atoms with Crippen LogP contribution >= 0.6 is 15.9 Å². The largest absolute Gasteiger partial charge is 0.342 e. The van der Waals surface area contributed by atoms with Gasteiger partial charge in [0.15, 0.2) is 0 Å². The predicted octanol–water partition coefficient (Wildman–Crippen LogP) is 3.20. The van der Waals surface area contributed by atoms with Gasteiger partial charge in [-0.05, 0) is 43.9 Å². The summed E-state index contributed by atoms with van der Waals surface area (Å²) in [5, 5.41) is 1.07. The maximum Gasteiger partial charge on any atom is 0.222 e. The highest BCUT2D eigenvalue weighted by Gasteiger charge is 2.27. The van der Waals surface area contributed by atoms with Crippen molar-refractivity contribution in [3.05, 3.63) is 0 Å². The molecule has 92 valence electrons. The van der Waals surface area contributed by atoms with Gasteiger partial charge in [-0.1, -0.05) is 22.4 Å². The average Bonchev–Trinajstić information content (AvgIpc) is 2.24. The molecule has 1 saturated carbocycles. The third-order valence-corrected chi connectivity index (χ3v) is 4.53. The number of halogens is 1. The van der Waals surface area contributed by atoms with Crippen LogP contribution in [0.4, 0.5) is 0 Å². The fourth-order valence-corrected chi connectivity index (χ4v) is 3.40. The molecule has 16 heavy (non-hydrogen) atoms. The topological polar surface area (TPSA) is 20.3 Å². The van der Waals surface area contributed by atoms with Gasteiger partial charge in [0, 0.05) is 24.8 Å². The molecule has 1 heterocycles. The Morgan fingerprint density at radius 1 is 1.19 bits per heavy atom. The van der Waals surface area contributed by atoms with E-state index in [-0.39, 0.29) is 0 Å². The van der Waals surface area contributed by atoms with Gasteiger partial charge in [-0.2, -0.15) is 0 Å². The third-order valence-electron chi connectivity index (χ3n) is 4.08. The van der Waals surface area contributed by atoms with E-state index in [2.05, 4.69) is 20.8 Å². The van der Waals surface area contributed by atoms with Crippen molar-refractivity contribution in [3.8, 4) is 0 Å². The van der Waals surface area contributed by atoms with Crippen molar-refractivity contribution in [3.63, 3.8) is 0 Å². The van der Waals surface area contributed by atoms with Crippen molar-refractivity contribution in [2.45, 2.75) is 44.9 Å². The standard InChI is InChI=1S/C13H22BrNO/c14-7-6-12-5-2-8-15(10-12)13(16)9-11-3-1-4-11/h11-12H,1-10H2. The highest BCUT2D eigenvalue weighted by Crippen LogP contribution is 2.30. The molecule has 0 aromatic carbocycles. The molecule has 1 aliphatic carbocycles. The zero-order valence-electron chi connectivity index (χ0n) is 9.96. The van der Waals surface area contributed by atoms with Gasteiger partial charge in [0.25, 0.3) is 0 Å². The number of carbonyl (C=O) groups is 1. The molecule has 1 saturated heterocycles. The highest BCUT2D eigenvalue weighted by molar-refractivity contribution is 9.09. The van der Waals surface area contributed by atoms with Gasteiger partial charge in [0.1, 0.15) is 0 Å². The summed E-state index contributed by atoms with van der Waals surface area (Å²) in [6.07, 6.45) is 8.44. The molecule has 1 atom stereocenters. The monoisotopic (exact) mass is 287 g/mol. The maximum atomic E-state index is 12.1. The lowest BCUT2D eigenvalue weighted by Gasteiger charge is -2.34. The Balaban J connectivity index is 1.76. The Hall–Kier alpha value is -0.0500. The van der Waals surface area contributed by atoms with E-state index >= 15 is 0 Å². The summed E-state index contributed by atoms with van der Waals surface area (Å²) in [6, 6.07) is 0. The molecule has 0 radical (unpaired) electrons. The molecule has 2 rings (SSSR count). The first-order chi connectivity index (χ1) is 7.79. The minimum Gasteiger partial charge on any atom is -0.342 e. The predicted molar refractivity (Wildman–Crippen MR) is 69.7 cm³/mol. The SMILES string of the molecule is O=C(CC1CCC1)N1CCCC(CCBr)C1. The van der Waals surface area contributed by atoms with E-state index in [0.717, 1.165) is 30.8 Å². The van der Waals surface area contributed by atoms with Crippen LogP contribution in [0.25, 0.3) is 0 Å². The molecule has 2 fully saturated rings. The normalized spacial score (nSPS) is 26.6. The molecule has 2 nitrogen and oxygen atoms in total. The molecule has 3 heteroatoms. The van der Waals surface area contributed by atoms with Crippen molar-refractivity contribution in [2.24, 2.45) is 11.8 Å². The minimum atomic E-state index is 0.420. The summed E-state index contributed by atoms with van der Waals surface area (Å²) >= 11 is 3.50. The molecule has 0 spiro atoms. The minimum absolute atomic E-state index is 0.420. The first-order valence-electron chi connectivity index (χ1n) is 6.63. The molecule has 1 aliphatic heterocycles. The summed E-state index contributed by atoms with van der Waals surface area (Å²) in [6.45, 7) is 2.02. The number of likely N-dealkylation sites (tertiary alicyclic amines) is 1. The van der Waals surface area contributed by atoms with Crippen LogP contribution < -0.4 is 0 Å². The number of rotatable bonds is 4. The number of carbonyl (C=O) groups excluding carboxylic acids is 1.